The molecule has 9 nitrogen and oxygen atoms in total. The van der Waals surface area contributed by atoms with Gasteiger partial charge in [0.1, 0.15) is 5.52 Å². The fourth-order valence-corrected chi connectivity index (χ4v) is 6.64. The van der Waals surface area contributed by atoms with Gasteiger partial charge in [0.2, 0.25) is 5.91 Å². The van der Waals surface area contributed by atoms with E-state index < -0.39 is 5.60 Å². The van der Waals surface area contributed by atoms with Crippen LogP contribution in [0.15, 0.2) is 43.0 Å². The molecule has 190 valence electrons. The van der Waals surface area contributed by atoms with Crippen LogP contribution in [0.4, 0.5) is 0 Å². The van der Waals surface area contributed by atoms with Crippen molar-refractivity contribution in [2.45, 2.75) is 82.1 Å². The van der Waals surface area contributed by atoms with Crippen molar-refractivity contribution >= 4 is 17.1 Å². The van der Waals surface area contributed by atoms with Crippen LogP contribution in [0.1, 0.15) is 62.2 Å². The van der Waals surface area contributed by atoms with Crippen molar-refractivity contribution in [1.82, 2.24) is 35.7 Å². The van der Waals surface area contributed by atoms with Gasteiger partial charge in [-0.15, -0.1) is 0 Å². The normalized spacial score (nSPS) is 32.3. The number of hydrazine groups is 1. The highest BCUT2D eigenvalue weighted by Gasteiger charge is 2.43. The first-order valence-electron chi connectivity index (χ1n) is 13.2. The SMILES string of the molecule is Cc1cc(C2NNC3CCC(C(=O)N[C@@H]4CCC[C@@](O)(Cn5cnc6cccnc65)C4)CC32)ccn1. The van der Waals surface area contributed by atoms with Gasteiger partial charge in [0.05, 0.1) is 24.5 Å². The van der Waals surface area contributed by atoms with Crippen LogP contribution in [0, 0.1) is 18.8 Å². The first-order valence-corrected chi connectivity index (χ1v) is 13.2. The summed E-state index contributed by atoms with van der Waals surface area (Å²) in [6.45, 7) is 2.45. The lowest BCUT2D eigenvalue weighted by molar-refractivity contribution is -0.128. The number of nitrogens with zero attached hydrogens (tertiary/aromatic N) is 4. The number of carbonyl (C=O) groups excluding carboxylic acids is 1. The molecule has 1 amide bonds. The van der Waals surface area contributed by atoms with Crippen LogP contribution in [0.25, 0.3) is 11.2 Å². The van der Waals surface area contributed by atoms with E-state index >= 15 is 0 Å². The van der Waals surface area contributed by atoms with Crippen molar-refractivity contribution < 1.29 is 9.90 Å². The van der Waals surface area contributed by atoms with E-state index in [1.165, 1.54) is 5.56 Å². The third kappa shape index (κ3) is 4.63. The highest BCUT2D eigenvalue weighted by atomic mass is 16.3. The molecule has 1 aliphatic heterocycles. The lowest BCUT2D eigenvalue weighted by atomic mass is 9.74. The summed E-state index contributed by atoms with van der Waals surface area (Å²) in [5, 5.41) is 14.8. The second kappa shape index (κ2) is 9.53. The van der Waals surface area contributed by atoms with E-state index in [1.807, 2.05) is 29.8 Å². The molecule has 1 saturated heterocycles. The molecule has 3 aromatic rings. The minimum atomic E-state index is -0.886. The third-order valence-corrected chi connectivity index (χ3v) is 8.41. The summed E-state index contributed by atoms with van der Waals surface area (Å²) in [7, 11) is 0. The van der Waals surface area contributed by atoms with Gasteiger partial charge in [-0.1, -0.05) is 0 Å². The molecule has 4 unspecified atom stereocenters. The number of aryl methyl sites for hydroxylation is 1. The van der Waals surface area contributed by atoms with Crippen LogP contribution in [0.3, 0.4) is 0 Å². The summed E-state index contributed by atoms with van der Waals surface area (Å²) in [6, 6.07) is 8.54. The van der Waals surface area contributed by atoms with E-state index in [9.17, 15) is 9.90 Å². The van der Waals surface area contributed by atoms with E-state index in [2.05, 4.69) is 43.3 Å². The maximum absolute atomic E-state index is 13.4. The number of nitrogens with one attached hydrogen (secondary N) is 3. The minimum Gasteiger partial charge on any atom is -0.388 e. The van der Waals surface area contributed by atoms with Gasteiger partial charge in [-0.3, -0.25) is 15.2 Å². The molecular formula is C27H35N7O2. The standard InChI is InChI=1S/C27H35N7O2/c1-17-12-18(8-11-28-17)24-21-13-19(6-7-22(21)32-33-24)26(35)31-20-4-2-9-27(36,14-20)15-34-16-30-23-5-3-10-29-25(23)34/h3,5,8,10-12,16,19-22,24,32-33,36H,2,4,6-7,9,13-15H2,1H3,(H,31,35)/t19?,20-,21?,22?,24?,27+/m1/s1. The molecule has 6 rings (SSSR count). The predicted octanol–water partition coefficient (Wildman–Crippen LogP) is 2.56. The summed E-state index contributed by atoms with van der Waals surface area (Å²) in [4.78, 5) is 26.6. The average molecular weight is 490 g/mol. The number of fused-ring (bicyclic) bond motifs is 2. The maximum atomic E-state index is 13.4. The van der Waals surface area contributed by atoms with E-state index in [0.717, 1.165) is 49.0 Å². The first kappa shape index (κ1) is 23.5. The molecule has 6 atom stereocenters. The summed E-state index contributed by atoms with van der Waals surface area (Å²) in [5.41, 5.74) is 9.89. The fraction of sp³-hybridized carbons (Fsp3) is 0.556. The number of imidazole rings is 1. The van der Waals surface area contributed by atoms with Crippen LogP contribution in [-0.2, 0) is 11.3 Å². The van der Waals surface area contributed by atoms with Crippen molar-refractivity contribution in [3.63, 3.8) is 0 Å². The Morgan fingerprint density at radius 1 is 1.19 bits per heavy atom. The number of aromatic nitrogens is 4. The van der Waals surface area contributed by atoms with Gasteiger partial charge in [0.15, 0.2) is 5.65 Å². The Balaban J connectivity index is 1.09. The molecular weight excluding hydrogens is 454 g/mol. The zero-order valence-electron chi connectivity index (χ0n) is 20.7. The van der Waals surface area contributed by atoms with Crippen LogP contribution in [0.5, 0.6) is 0 Å². The van der Waals surface area contributed by atoms with Crippen molar-refractivity contribution in [2.24, 2.45) is 11.8 Å². The van der Waals surface area contributed by atoms with Gasteiger partial charge in [-0.2, -0.15) is 0 Å². The molecule has 36 heavy (non-hydrogen) atoms. The van der Waals surface area contributed by atoms with Gasteiger partial charge in [0.25, 0.3) is 0 Å². The number of rotatable bonds is 5. The van der Waals surface area contributed by atoms with E-state index in [4.69, 9.17) is 0 Å². The molecule has 0 radical (unpaired) electrons. The van der Waals surface area contributed by atoms with Crippen LogP contribution in [-0.4, -0.2) is 48.2 Å². The fourth-order valence-electron chi connectivity index (χ4n) is 6.64. The Bertz CT molecular complexity index is 1250. The van der Waals surface area contributed by atoms with E-state index in [1.54, 1.807) is 12.5 Å². The molecule has 3 fully saturated rings. The van der Waals surface area contributed by atoms with Crippen molar-refractivity contribution in [3.8, 4) is 0 Å². The zero-order valence-corrected chi connectivity index (χ0v) is 20.7. The second-order valence-electron chi connectivity index (χ2n) is 11.0. The zero-order chi connectivity index (χ0) is 24.7. The number of amides is 1. The van der Waals surface area contributed by atoms with Crippen molar-refractivity contribution in [1.29, 1.82) is 0 Å². The quantitative estimate of drug-likeness (QED) is 0.435. The Kier molecular flexibility index (Phi) is 6.23. The van der Waals surface area contributed by atoms with Gasteiger partial charge in [-0.25, -0.2) is 15.4 Å². The molecule has 9 heteroatoms. The summed E-state index contributed by atoms with van der Waals surface area (Å²) in [6.07, 6.45) is 11.1. The van der Waals surface area contributed by atoms with Gasteiger partial charge in [-0.05, 0) is 87.6 Å². The Morgan fingerprint density at radius 2 is 2.11 bits per heavy atom. The molecule has 3 aliphatic rings. The number of pyridine rings is 2. The molecule has 0 bridgehead atoms. The monoisotopic (exact) mass is 489 g/mol. The van der Waals surface area contributed by atoms with Gasteiger partial charge in [0, 0.05) is 36.1 Å². The van der Waals surface area contributed by atoms with Crippen LogP contribution < -0.4 is 16.2 Å². The smallest absolute Gasteiger partial charge is 0.223 e. The minimum absolute atomic E-state index is 0.00445. The van der Waals surface area contributed by atoms with E-state index in [0.29, 0.717) is 31.3 Å². The largest absolute Gasteiger partial charge is 0.388 e. The van der Waals surface area contributed by atoms with Crippen molar-refractivity contribution in [2.75, 3.05) is 0 Å². The van der Waals surface area contributed by atoms with E-state index in [-0.39, 0.29) is 23.9 Å². The number of aliphatic hydroxyl groups is 1. The van der Waals surface area contributed by atoms with Gasteiger partial charge < -0.3 is 15.0 Å². The Morgan fingerprint density at radius 3 is 3.00 bits per heavy atom. The third-order valence-electron chi connectivity index (χ3n) is 8.41. The van der Waals surface area contributed by atoms with Gasteiger partial charge >= 0.3 is 0 Å². The van der Waals surface area contributed by atoms with Crippen LogP contribution >= 0.6 is 0 Å². The highest BCUT2D eigenvalue weighted by molar-refractivity contribution is 5.79. The number of hydrogen-bond acceptors (Lipinski definition) is 7. The number of carbonyl (C=O) groups is 1. The van der Waals surface area contributed by atoms with Crippen molar-refractivity contribution in [3.05, 3.63) is 54.2 Å². The molecule has 0 aromatic carbocycles. The lowest BCUT2D eigenvalue weighted by Gasteiger charge is -2.38. The predicted molar refractivity (Wildman–Crippen MR) is 135 cm³/mol. The summed E-state index contributed by atoms with van der Waals surface area (Å²) >= 11 is 0. The maximum Gasteiger partial charge on any atom is 0.223 e. The second-order valence-corrected chi connectivity index (χ2v) is 11.0. The summed E-state index contributed by atoms with van der Waals surface area (Å²) in [5.74, 6) is 0.491. The average Bonchev–Trinajstić information content (AvgIpc) is 3.48. The molecule has 2 saturated carbocycles. The highest BCUT2D eigenvalue weighted by Crippen LogP contribution is 2.41. The Labute approximate surface area is 211 Å². The molecule has 4 N–H and O–H groups in total. The number of hydrogen-bond donors (Lipinski definition) is 4. The molecule has 3 aromatic heterocycles. The Hall–Kier alpha value is -2.88. The molecule has 4 heterocycles. The first-order chi connectivity index (χ1) is 17.5. The summed E-state index contributed by atoms with van der Waals surface area (Å²) < 4.78 is 1.93. The molecule has 0 spiro atoms. The lowest BCUT2D eigenvalue weighted by Crippen LogP contribution is -2.50. The molecule has 2 aliphatic carbocycles. The van der Waals surface area contributed by atoms with Crippen LogP contribution in [0.2, 0.25) is 0 Å². The topological polar surface area (TPSA) is 117 Å².